The van der Waals surface area contributed by atoms with Gasteiger partial charge in [0.1, 0.15) is 18.0 Å². The highest BCUT2D eigenvalue weighted by Gasteiger charge is 2.41. The summed E-state index contributed by atoms with van der Waals surface area (Å²) in [6, 6.07) is 7.21. The van der Waals surface area contributed by atoms with Gasteiger partial charge in [0.15, 0.2) is 0 Å². The lowest BCUT2D eigenvalue weighted by Crippen LogP contribution is -2.57. The molecule has 22 heavy (non-hydrogen) atoms. The zero-order valence-electron chi connectivity index (χ0n) is 13.4. The zero-order chi connectivity index (χ0) is 16.1. The topological polar surface area (TPSA) is 73.2 Å². The molecular formula is C17H27NO4. The highest BCUT2D eigenvalue weighted by molar-refractivity contribution is 5.30. The van der Waals surface area contributed by atoms with Crippen molar-refractivity contribution < 1.29 is 20.1 Å². The normalized spacial score (nSPS) is 29.5. The summed E-state index contributed by atoms with van der Waals surface area (Å²) in [6.45, 7) is 3.31. The van der Waals surface area contributed by atoms with E-state index in [2.05, 4.69) is 11.8 Å². The summed E-state index contributed by atoms with van der Waals surface area (Å²) in [5, 5.41) is 30.4. The van der Waals surface area contributed by atoms with Crippen LogP contribution in [0.15, 0.2) is 24.3 Å². The predicted molar refractivity (Wildman–Crippen MR) is 84.9 cm³/mol. The number of ether oxygens (including phenoxy) is 1. The summed E-state index contributed by atoms with van der Waals surface area (Å²) < 4.78 is 5.16. The molecule has 0 radical (unpaired) electrons. The minimum atomic E-state index is -1.12. The van der Waals surface area contributed by atoms with Crippen LogP contribution in [0.2, 0.25) is 0 Å². The fourth-order valence-corrected chi connectivity index (χ4v) is 3.10. The number of methoxy groups -OCH3 is 1. The summed E-state index contributed by atoms with van der Waals surface area (Å²) in [7, 11) is 1.61. The first-order valence-electron chi connectivity index (χ1n) is 8.00. The van der Waals surface area contributed by atoms with Gasteiger partial charge in [-0.1, -0.05) is 31.9 Å². The van der Waals surface area contributed by atoms with E-state index in [0.717, 1.165) is 37.1 Å². The van der Waals surface area contributed by atoms with Crippen LogP contribution in [-0.2, 0) is 0 Å². The second-order valence-electron chi connectivity index (χ2n) is 5.97. The van der Waals surface area contributed by atoms with Gasteiger partial charge in [0.05, 0.1) is 19.3 Å². The molecule has 0 bridgehead atoms. The van der Waals surface area contributed by atoms with Gasteiger partial charge in [-0.25, -0.2) is 0 Å². The standard InChI is InChI=1S/C17H27NO4/c1-3-4-5-10-18-11-14(19)16(20)17(21)15(18)12-6-8-13(22-2)9-7-12/h6-9,14-17,19-21H,3-5,10-11H2,1-2H3. The van der Waals surface area contributed by atoms with Gasteiger partial charge < -0.3 is 20.1 Å². The third-order valence-corrected chi connectivity index (χ3v) is 4.39. The van der Waals surface area contributed by atoms with E-state index in [1.807, 2.05) is 24.3 Å². The molecule has 1 aliphatic rings. The summed E-state index contributed by atoms with van der Waals surface area (Å²) >= 11 is 0. The van der Waals surface area contributed by atoms with Gasteiger partial charge in [-0.15, -0.1) is 0 Å². The van der Waals surface area contributed by atoms with Crippen molar-refractivity contribution in [1.29, 1.82) is 0 Å². The maximum Gasteiger partial charge on any atom is 0.118 e. The molecule has 1 saturated heterocycles. The molecule has 0 aromatic heterocycles. The number of piperidine rings is 1. The van der Waals surface area contributed by atoms with Crippen molar-refractivity contribution in [2.45, 2.75) is 50.5 Å². The molecule has 1 aromatic carbocycles. The largest absolute Gasteiger partial charge is 0.497 e. The van der Waals surface area contributed by atoms with Gasteiger partial charge in [-0.3, -0.25) is 4.90 Å². The third kappa shape index (κ3) is 3.79. The molecule has 0 amide bonds. The van der Waals surface area contributed by atoms with Crippen LogP contribution in [0.25, 0.3) is 0 Å². The van der Waals surface area contributed by atoms with Gasteiger partial charge in [0.25, 0.3) is 0 Å². The van der Waals surface area contributed by atoms with E-state index in [0.29, 0.717) is 6.54 Å². The Bertz CT molecular complexity index is 450. The number of β-amino-alcohol motifs (C(OH)–C–C–N with tert-alkyl or cyclic N) is 1. The lowest BCUT2D eigenvalue weighted by atomic mass is 9.88. The van der Waals surface area contributed by atoms with Crippen molar-refractivity contribution in [1.82, 2.24) is 4.90 Å². The first kappa shape index (κ1) is 17.2. The van der Waals surface area contributed by atoms with E-state index in [1.54, 1.807) is 7.11 Å². The molecule has 0 spiro atoms. The van der Waals surface area contributed by atoms with Crippen LogP contribution >= 0.6 is 0 Å². The summed E-state index contributed by atoms with van der Waals surface area (Å²) in [5.41, 5.74) is 0.927. The van der Waals surface area contributed by atoms with Crippen molar-refractivity contribution in [3.63, 3.8) is 0 Å². The molecule has 1 aromatic rings. The highest BCUT2D eigenvalue weighted by Crippen LogP contribution is 2.33. The zero-order valence-corrected chi connectivity index (χ0v) is 13.4. The Hall–Kier alpha value is -1.14. The molecule has 5 nitrogen and oxygen atoms in total. The molecule has 124 valence electrons. The first-order chi connectivity index (χ1) is 10.6. The number of hydrogen-bond acceptors (Lipinski definition) is 5. The van der Waals surface area contributed by atoms with Crippen LogP contribution in [0.5, 0.6) is 5.75 Å². The number of nitrogens with zero attached hydrogens (tertiary/aromatic N) is 1. The van der Waals surface area contributed by atoms with Gasteiger partial charge in [0.2, 0.25) is 0 Å². The van der Waals surface area contributed by atoms with Crippen LogP contribution in [0.4, 0.5) is 0 Å². The molecule has 0 aliphatic carbocycles. The fourth-order valence-electron chi connectivity index (χ4n) is 3.10. The molecule has 3 N–H and O–H groups in total. The Labute approximate surface area is 132 Å². The van der Waals surface area contributed by atoms with Crippen LogP contribution in [0.3, 0.4) is 0 Å². The number of hydrogen-bond donors (Lipinski definition) is 3. The Kier molecular flexibility index (Phi) is 6.20. The number of rotatable bonds is 6. The Balaban J connectivity index is 2.19. The van der Waals surface area contributed by atoms with Crippen LogP contribution in [-0.4, -0.2) is 58.7 Å². The smallest absolute Gasteiger partial charge is 0.118 e. The number of likely N-dealkylation sites (tertiary alicyclic amines) is 1. The molecule has 5 heteroatoms. The fraction of sp³-hybridized carbons (Fsp3) is 0.647. The van der Waals surface area contributed by atoms with Gasteiger partial charge >= 0.3 is 0 Å². The van der Waals surface area contributed by atoms with E-state index < -0.39 is 18.3 Å². The molecule has 2 rings (SSSR count). The Morgan fingerprint density at radius 1 is 1.09 bits per heavy atom. The number of aliphatic hydroxyl groups is 3. The summed E-state index contributed by atoms with van der Waals surface area (Å²) in [6.07, 6.45) is 0.216. The summed E-state index contributed by atoms with van der Waals surface area (Å²) in [5.74, 6) is 0.757. The molecule has 0 saturated carbocycles. The minimum absolute atomic E-state index is 0.304. The lowest BCUT2D eigenvalue weighted by molar-refractivity contribution is -0.138. The van der Waals surface area contributed by atoms with Crippen molar-refractivity contribution >= 4 is 0 Å². The Morgan fingerprint density at radius 3 is 2.36 bits per heavy atom. The van der Waals surface area contributed by atoms with Crippen molar-refractivity contribution in [2.75, 3.05) is 20.2 Å². The predicted octanol–water partition coefficient (Wildman–Crippen LogP) is 1.32. The average Bonchev–Trinajstić information content (AvgIpc) is 2.53. The molecule has 4 atom stereocenters. The van der Waals surface area contributed by atoms with Gasteiger partial charge in [0, 0.05) is 6.54 Å². The average molecular weight is 309 g/mol. The van der Waals surface area contributed by atoms with Crippen LogP contribution in [0, 0.1) is 0 Å². The Morgan fingerprint density at radius 2 is 1.77 bits per heavy atom. The minimum Gasteiger partial charge on any atom is -0.497 e. The van der Waals surface area contributed by atoms with Gasteiger partial charge in [-0.2, -0.15) is 0 Å². The molecular weight excluding hydrogens is 282 g/mol. The van der Waals surface area contributed by atoms with Crippen LogP contribution in [0.1, 0.15) is 37.8 Å². The maximum atomic E-state index is 10.4. The van der Waals surface area contributed by atoms with Gasteiger partial charge in [-0.05, 0) is 30.7 Å². The van der Waals surface area contributed by atoms with Crippen molar-refractivity contribution in [3.8, 4) is 5.75 Å². The number of benzene rings is 1. The second-order valence-corrected chi connectivity index (χ2v) is 5.97. The van der Waals surface area contributed by atoms with Crippen molar-refractivity contribution in [2.24, 2.45) is 0 Å². The molecule has 1 fully saturated rings. The number of unbranched alkanes of at least 4 members (excludes halogenated alkanes) is 2. The van der Waals surface area contributed by atoms with E-state index >= 15 is 0 Å². The molecule has 1 heterocycles. The van der Waals surface area contributed by atoms with E-state index in [9.17, 15) is 15.3 Å². The van der Waals surface area contributed by atoms with Crippen LogP contribution < -0.4 is 4.74 Å². The first-order valence-corrected chi connectivity index (χ1v) is 8.00. The lowest BCUT2D eigenvalue weighted by Gasteiger charge is -2.44. The van der Waals surface area contributed by atoms with E-state index in [-0.39, 0.29) is 6.04 Å². The highest BCUT2D eigenvalue weighted by atomic mass is 16.5. The monoisotopic (exact) mass is 309 g/mol. The van der Waals surface area contributed by atoms with E-state index in [4.69, 9.17) is 4.74 Å². The van der Waals surface area contributed by atoms with Crippen molar-refractivity contribution in [3.05, 3.63) is 29.8 Å². The molecule has 4 unspecified atom stereocenters. The van der Waals surface area contributed by atoms with E-state index in [1.165, 1.54) is 0 Å². The summed E-state index contributed by atoms with van der Waals surface area (Å²) in [4.78, 5) is 2.07. The quantitative estimate of drug-likeness (QED) is 0.691. The maximum absolute atomic E-state index is 10.4. The SMILES string of the molecule is CCCCCN1CC(O)C(O)C(O)C1c1ccc(OC)cc1. The second kappa shape index (κ2) is 7.92. The molecule has 1 aliphatic heterocycles. The number of aliphatic hydroxyl groups excluding tert-OH is 3. The third-order valence-electron chi connectivity index (χ3n) is 4.39.